The molecule has 1 atom stereocenters. The standard InChI is InChI=1S/C12H14BrNO2S/c1-14(7-12(15)16)10-4-5-17-11-3-2-8(13)6-9(10)11/h2-3,6,10H,4-5,7H2,1H3,(H,15,16). The third-order valence-electron chi connectivity index (χ3n) is 2.90. The second kappa shape index (κ2) is 5.42. The monoisotopic (exact) mass is 315 g/mol. The van der Waals surface area contributed by atoms with Crippen molar-refractivity contribution in [1.82, 2.24) is 4.90 Å². The van der Waals surface area contributed by atoms with E-state index in [1.54, 1.807) is 0 Å². The average molecular weight is 316 g/mol. The molecule has 1 aromatic rings. The van der Waals surface area contributed by atoms with Gasteiger partial charge in [0.1, 0.15) is 0 Å². The van der Waals surface area contributed by atoms with Crippen molar-refractivity contribution in [3.05, 3.63) is 28.2 Å². The fraction of sp³-hybridized carbons (Fsp3) is 0.417. The van der Waals surface area contributed by atoms with Gasteiger partial charge in [-0.05, 0) is 43.0 Å². The van der Waals surface area contributed by atoms with Gasteiger partial charge in [0, 0.05) is 15.4 Å². The van der Waals surface area contributed by atoms with Crippen molar-refractivity contribution in [2.45, 2.75) is 17.4 Å². The highest BCUT2D eigenvalue weighted by Crippen LogP contribution is 2.39. The summed E-state index contributed by atoms with van der Waals surface area (Å²) in [4.78, 5) is 14.0. The fourth-order valence-electron chi connectivity index (χ4n) is 2.13. The summed E-state index contributed by atoms with van der Waals surface area (Å²) in [5.74, 6) is 0.269. The zero-order valence-corrected chi connectivity index (χ0v) is 11.9. The second-order valence-electron chi connectivity index (χ2n) is 4.14. The number of carboxylic acid groups (broad SMARTS) is 1. The lowest BCUT2D eigenvalue weighted by atomic mass is 10.0. The normalized spacial score (nSPS) is 19.1. The van der Waals surface area contributed by atoms with Gasteiger partial charge in [-0.15, -0.1) is 11.8 Å². The molecule has 1 N–H and O–H groups in total. The van der Waals surface area contributed by atoms with Crippen LogP contribution in [0.4, 0.5) is 0 Å². The van der Waals surface area contributed by atoms with E-state index in [4.69, 9.17) is 5.11 Å². The van der Waals surface area contributed by atoms with Crippen molar-refractivity contribution in [2.75, 3.05) is 19.3 Å². The summed E-state index contributed by atoms with van der Waals surface area (Å²) < 4.78 is 1.05. The van der Waals surface area contributed by atoms with E-state index in [1.807, 2.05) is 29.8 Å². The van der Waals surface area contributed by atoms with Crippen molar-refractivity contribution < 1.29 is 9.90 Å². The lowest BCUT2D eigenvalue weighted by Gasteiger charge is -2.32. The van der Waals surface area contributed by atoms with E-state index < -0.39 is 5.97 Å². The number of fused-ring (bicyclic) bond motifs is 1. The van der Waals surface area contributed by atoms with E-state index in [2.05, 4.69) is 28.1 Å². The Morgan fingerprint density at radius 3 is 3.12 bits per heavy atom. The highest BCUT2D eigenvalue weighted by atomic mass is 79.9. The average Bonchev–Trinajstić information content (AvgIpc) is 2.27. The van der Waals surface area contributed by atoms with Crippen molar-refractivity contribution >= 4 is 33.7 Å². The van der Waals surface area contributed by atoms with Crippen LogP contribution in [-0.2, 0) is 4.79 Å². The SMILES string of the molecule is CN(CC(=O)O)C1CCSc2ccc(Br)cc21. The van der Waals surface area contributed by atoms with Gasteiger partial charge in [0.25, 0.3) is 0 Å². The molecule has 2 rings (SSSR count). The molecule has 1 aromatic carbocycles. The molecule has 1 aliphatic heterocycles. The molecule has 0 fully saturated rings. The summed E-state index contributed by atoms with van der Waals surface area (Å²) in [6.07, 6.45) is 0.998. The van der Waals surface area contributed by atoms with Gasteiger partial charge in [0.05, 0.1) is 6.54 Å². The Labute approximate surface area is 113 Å². The quantitative estimate of drug-likeness (QED) is 0.931. The molecular formula is C12H14BrNO2S. The van der Waals surface area contributed by atoms with E-state index in [1.165, 1.54) is 10.5 Å². The van der Waals surface area contributed by atoms with Crippen molar-refractivity contribution in [2.24, 2.45) is 0 Å². The number of thioether (sulfide) groups is 1. The van der Waals surface area contributed by atoms with Gasteiger partial charge >= 0.3 is 5.97 Å². The van der Waals surface area contributed by atoms with Crippen LogP contribution in [0.3, 0.4) is 0 Å². The summed E-state index contributed by atoms with van der Waals surface area (Å²) in [7, 11) is 1.87. The van der Waals surface area contributed by atoms with E-state index in [0.717, 1.165) is 16.6 Å². The Morgan fingerprint density at radius 1 is 1.65 bits per heavy atom. The first-order chi connectivity index (χ1) is 8.08. The van der Waals surface area contributed by atoms with Crippen LogP contribution in [0.5, 0.6) is 0 Å². The minimum Gasteiger partial charge on any atom is -0.480 e. The molecule has 0 spiro atoms. The van der Waals surface area contributed by atoms with Gasteiger partial charge in [-0.25, -0.2) is 0 Å². The molecule has 0 aromatic heterocycles. The number of hydrogen-bond donors (Lipinski definition) is 1. The number of carbonyl (C=O) groups is 1. The predicted molar refractivity (Wildman–Crippen MR) is 72.5 cm³/mol. The van der Waals surface area contributed by atoms with Gasteiger partial charge in [0.2, 0.25) is 0 Å². The molecule has 0 saturated carbocycles. The van der Waals surface area contributed by atoms with Crippen LogP contribution in [0.15, 0.2) is 27.6 Å². The molecule has 1 aliphatic rings. The van der Waals surface area contributed by atoms with Gasteiger partial charge < -0.3 is 5.11 Å². The first-order valence-electron chi connectivity index (χ1n) is 5.42. The molecule has 0 aliphatic carbocycles. The number of likely N-dealkylation sites (N-methyl/N-ethyl adjacent to an activating group) is 1. The third kappa shape index (κ3) is 3.03. The molecule has 0 amide bonds. The number of halogens is 1. The van der Waals surface area contributed by atoms with Crippen molar-refractivity contribution in [1.29, 1.82) is 0 Å². The van der Waals surface area contributed by atoms with E-state index in [-0.39, 0.29) is 12.6 Å². The van der Waals surface area contributed by atoms with Gasteiger partial charge in [0.15, 0.2) is 0 Å². The number of carboxylic acids is 1. The Balaban J connectivity index is 2.27. The molecule has 1 unspecified atom stereocenters. The zero-order valence-electron chi connectivity index (χ0n) is 9.52. The third-order valence-corrected chi connectivity index (χ3v) is 4.51. The number of hydrogen-bond acceptors (Lipinski definition) is 3. The number of aliphatic carboxylic acids is 1. The smallest absolute Gasteiger partial charge is 0.317 e. The largest absolute Gasteiger partial charge is 0.480 e. The Kier molecular flexibility index (Phi) is 4.12. The number of rotatable bonds is 3. The summed E-state index contributed by atoms with van der Waals surface area (Å²) >= 11 is 5.32. The van der Waals surface area contributed by atoms with Crippen molar-refractivity contribution in [3.8, 4) is 0 Å². The minimum absolute atomic E-state index is 0.0846. The Hall–Kier alpha value is -0.520. The van der Waals surface area contributed by atoms with Gasteiger partial charge in [-0.3, -0.25) is 9.69 Å². The lowest BCUT2D eigenvalue weighted by Crippen LogP contribution is -2.31. The van der Waals surface area contributed by atoms with Crippen LogP contribution in [0.25, 0.3) is 0 Å². The molecule has 0 saturated heterocycles. The summed E-state index contributed by atoms with van der Waals surface area (Å²) in [5, 5.41) is 8.86. The zero-order chi connectivity index (χ0) is 12.4. The maximum atomic E-state index is 10.8. The summed E-state index contributed by atoms with van der Waals surface area (Å²) in [5.41, 5.74) is 1.24. The fourth-order valence-corrected chi connectivity index (χ4v) is 3.59. The highest BCUT2D eigenvalue weighted by Gasteiger charge is 2.25. The molecule has 17 heavy (non-hydrogen) atoms. The highest BCUT2D eigenvalue weighted by molar-refractivity contribution is 9.10. The maximum Gasteiger partial charge on any atom is 0.317 e. The van der Waals surface area contributed by atoms with Crippen LogP contribution in [0.2, 0.25) is 0 Å². The number of benzene rings is 1. The van der Waals surface area contributed by atoms with Crippen molar-refractivity contribution in [3.63, 3.8) is 0 Å². The first-order valence-corrected chi connectivity index (χ1v) is 7.20. The van der Waals surface area contributed by atoms with E-state index in [0.29, 0.717) is 0 Å². The Bertz CT molecular complexity index is 439. The first kappa shape index (κ1) is 12.9. The number of nitrogens with zero attached hydrogens (tertiary/aromatic N) is 1. The van der Waals surface area contributed by atoms with Crippen LogP contribution in [0.1, 0.15) is 18.0 Å². The van der Waals surface area contributed by atoms with Gasteiger partial charge in [-0.2, -0.15) is 0 Å². The van der Waals surface area contributed by atoms with E-state index in [9.17, 15) is 4.79 Å². The molecule has 92 valence electrons. The summed E-state index contributed by atoms with van der Waals surface area (Å²) in [6, 6.07) is 6.45. The van der Waals surface area contributed by atoms with Crippen LogP contribution >= 0.6 is 27.7 Å². The molecule has 0 radical (unpaired) electrons. The predicted octanol–water partition coefficient (Wildman–Crippen LogP) is 3.00. The van der Waals surface area contributed by atoms with E-state index >= 15 is 0 Å². The molecule has 3 nitrogen and oxygen atoms in total. The Morgan fingerprint density at radius 2 is 2.41 bits per heavy atom. The lowest BCUT2D eigenvalue weighted by molar-refractivity contribution is -0.138. The molecule has 1 heterocycles. The molecule has 5 heteroatoms. The molecule has 0 bridgehead atoms. The second-order valence-corrected chi connectivity index (χ2v) is 6.20. The van der Waals surface area contributed by atoms with Crippen LogP contribution in [-0.4, -0.2) is 35.3 Å². The maximum absolute atomic E-state index is 10.8. The van der Waals surface area contributed by atoms with Gasteiger partial charge in [-0.1, -0.05) is 15.9 Å². The summed E-state index contributed by atoms with van der Waals surface area (Å²) in [6.45, 7) is 0.0846. The minimum atomic E-state index is -0.776. The molecular weight excluding hydrogens is 302 g/mol. The van der Waals surface area contributed by atoms with Crippen LogP contribution < -0.4 is 0 Å². The van der Waals surface area contributed by atoms with Crippen LogP contribution in [0, 0.1) is 0 Å². The topological polar surface area (TPSA) is 40.5 Å².